The molecule has 0 heterocycles. The number of aliphatic carboxylic acids is 1. The lowest BCUT2D eigenvalue weighted by Gasteiger charge is -2.03. The molecule has 2 nitrogen and oxygen atoms in total. The molecular weight excluding hydrogens is 368 g/mol. The van der Waals surface area contributed by atoms with E-state index in [2.05, 4.69) is 30.6 Å². The molecule has 0 aromatic rings. The fourth-order valence-electron chi connectivity index (χ4n) is 3.64. The molecule has 0 aromatic carbocycles. The minimum Gasteiger partial charge on any atom is -0.481 e. The van der Waals surface area contributed by atoms with Crippen LogP contribution in [0.3, 0.4) is 0 Å². The van der Waals surface area contributed by atoms with Gasteiger partial charge in [-0.3, -0.25) is 4.79 Å². The van der Waals surface area contributed by atoms with E-state index in [-0.39, 0.29) is 6.42 Å². The molecule has 0 spiro atoms. The molecule has 0 atom stereocenters. The molecule has 0 saturated carbocycles. The van der Waals surface area contributed by atoms with Crippen LogP contribution in [0.2, 0.25) is 0 Å². The predicted octanol–water partition coefficient (Wildman–Crippen LogP) is 8.68. The van der Waals surface area contributed by atoms with Crippen molar-refractivity contribution in [2.45, 2.75) is 148 Å². The maximum atomic E-state index is 10.4. The number of carbonyl (C=O) groups is 1. The van der Waals surface area contributed by atoms with Crippen LogP contribution in [-0.4, -0.2) is 11.1 Å². The molecular formula is C28H48O2. The molecule has 0 rings (SSSR count). The lowest BCUT2D eigenvalue weighted by atomic mass is 10.0. The number of rotatable bonds is 21. The summed E-state index contributed by atoms with van der Waals surface area (Å²) >= 11 is 0. The molecule has 0 radical (unpaired) electrons. The Labute approximate surface area is 188 Å². The van der Waals surface area contributed by atoms with Crippen molar-refractivity contribution in [1.29, 1.82) is 0 Å². The van der Waals surface area contributed by atoms with Gasteiger partial charge in [0, 0.05) is 19.3 Å². The van der Waals surface area contributed by atoms with E-state index in [1.54, 1.807) is 0 Å². The van der Waals surface area contributed by atoms with Gasteiger partial charge in [0.2, 0.25) is 0 Å². The average Bonchev–Trinajstić information content (AvgIpc) is 2.73. The number of carboxylic acid groups (broad SMARTS) is 1. The lowest BCUT2D eigenvalue weighted by molar-refractivity contribution is -0.137. The van der Waals surface area contributed by atoms with Crippen LogP contribution in [0.15, 0.2) is 0 Å². The van der Waals surface area contributed by atoms with Gasteiger partial charge in [-0.25, -0.2) is 0 Å². The maximum absolute atomic E-state index is 10.4. The van der Waals surface area contributed by atoms with E-state index in [0.29, 0.717) is 0 Å². The minimum absolute atomic E-state index is 0.288. The first kappa shape index (κ1) is 28.6. The number of hydrogen-bond acceptors (Lipinski definition) is 1. The smallest absolute Gasteiger partial charge is 0.303 e. The topological polar surface area (TPSA) is 37.3 Å². The summed E-state index contributed by atoms with van der Waals surface area (Å²) in [6, 6.07) is 0. The molecule has 1 N–H and O–H groups in total. The Morgan fingerprint density at radius 2 is 0.867 bits per heavy atom. The monoisotopic (exact) mass is 416 g/mol. The SMILES string of the molecule is CCCCCCCCCCCCCCCCCC#CC#CCCCCCCC(=O)O. The van der Waals surface area contributed by atoms with Gasteiger partial charge >= 0.3 is 5.97 Å². The van der Waals surface area contributed by atoms with Crippen LogP contribution in [0, 0.1) is 23.7 Å². The van der Waals surface area contributed by atoms with Crippen molar-refractivity contribution in [2.75, 3.05) is 0 Å². The van der Waals surface area contributed by atoms with Crippen molar-refractivity contribution < 1.29 is 9.90 Å². The van der Waals surface area contributed by atoms with Crippen LogP contribution in [0.4, 0.5) is 0 Å². The Bertz CT molecular complexity index is 486. The number of unbranched alkanes of at least 4 members (excludes halogenated alkanes) is 19. The second-order valence-electron chi connectivity index (χ2n) is 8.61. The molecule has 172 valence electrons. The van der Waals surface area contributed by atoms with Crippen LogP contribution < -0.4 is 0 Å². The number of carboxylic acids is 1. The summed E-state index contributed by atoms with van der Waals surface area (Å²) < 4.78 is 0. The first-order valence-electron chi connectivity index (χ1n) is 12.9. The normalized spacial score (nSPS) is 10.2. The molecule has 0 aromatic heterocycles. The first-order valence-corrected chi connectivity index (χ1v) is 12.9. The van der Waals surface area contributed by atoms with Gasteiger partial charge in [-0.1, -0.05) is 121 Å². The second kappa shape index (κ2) is 25.6. The van der Waals surface area contributed by atoms with E-state index in [1.807, 2.05) is 0 Å². The molecule has 2 heteroatoms. The molecule has 0 saturated heterocycles. The summed E-state index contributed by atoms with van der Waals surface area (Å²) in [6.45, 7) is 2.28. The quantitative estimate of drug-likeness (QED) is 0.150. The lowest BCUT2D eigenvalue weighted by Crippen LogP contribution is -1.93. The molecule has 30 heavy (non-hydrogen) atoms. The summed E-state index contributed by atoms with van der Waals surface area (Å²) in [6.07, 6.45) is 27.0. The highest BCUT2D eigenvalue weighted by molar-refractivity contribution is 5.66. The van der Waals surface area contributed by atoms with Crippen LogP contribution in [0.25, 0.3) is 0 Å². The van der Waals surface area contributed by atoms with E-state index >= 15 is 0 Å². The fourth-order valence-corrected chi connectivity index (χ4v) is 3.64. The molecule has 0 aliphatic heterocycles. The van der Waals surface area contributed by atoms with Crippen LogP contribution in [0.1, 0.15) is 148 Å². The summed E-state index contributed by atoms with van der Waals surface area (Å²) in [5, 5.41) is 8.56. The summed E-state index contributed by atoms with van der Waals surface area (Å²) in [5.74, 6) is 11.5. The number of hydrogen-bond donors (Lipinski definition) is 1. The van der Waals surface area contributed by atoms with Crippen LogP contribution in [-0.2, 0) is 4.79 Å². The van der Waals surface area contributed by atoms with Crippen molar-refractivity contribution in [3.05, 3.63) is 0 Å². The average molecular weight is 417 g/mol. The molecule has 0 bridgehead atoms. The highest BCUT2D eigenvalue weighted by Gasteiger charge is 1.96. The standard InChI is InChI=1S/C28H48O2/c1-2-3-4-5-6-7-8-9-10-11-12-13-14-15-16-17-18-19-20-21-22-23-24-25-26-27-28(29)30/h2-17,22-27H2,1H3,(H,29,30). The Balaban J connectivity index is 3.21. The molecule has 0 aliphatic rings. The fraction of sp³-hybridized carbons (Fsp3) is 0.821. The molecule has 0 unspecified atom stereocenters. The van der Waals surface area contributed by atoms with Crippen LogP contribution >= 0.6 is 0 Å². The van der Waals surface area contributed by atoms with Gasteiger partial charge in [-0.2, -0.15) is 0 Å². The van der Waals surface area contributed by atoms with Gasteiger partial charge in [0.05, 0.1) is 0 Å². The summed E-state index contributed by atoms with van der Waals surface area (Å²) in [5.41, 5.74) is 0. The van der Waals surface area contributed by atoms with E-state index in [9.17, 15) is 4.79 Å². The molecule has 0 amide bonds. The Morgan fingerprint density at radius 1 is 0.533 bits per heavy atom. The van der Waals surface area contributed by atoms with Crippen molar-refractivity contribution >= 4 is 5.97 Å². The van der Waals surface area contributed by atoms with Crippen molar-refractivity contribution in [3.8, 4) is 23.7 Å². The van der Waals surface area contributed by atoms with Crippen molar-refractivity contribution in [2.24, 2.45) is 0 Å². The van der Waals surface area contributed by atoms with Gasteiger partial charge in [-0.15, -0.1) is 0 Å². The summed E-state index contributed by atoms with van der Waals surface area (Å²) in [4.78, 5) is 10.4. The van der Waals surface area contributed by atoms with Crippen LogP contribution in [0.5, 0.6) is 0 Å². The Hall–Kier alpha value is -1.41. The van der Waals surface area contributed by atoms with E-state index in [0.717, 1.165) is 38.5 Å². The third-order valence-corrected chi connectivity index (χ3v) is 5.59. The Morgan fingerprint density at radius 3 is 1.23 bits per heavy atom. The van der Waals surface area contributed by atoms with Gasteiger partial charge in [0.1, 0.15) is 0 Å². The Kier molecular flexibility index (Phi) is 24.4. The van der Waals surface area contributed by atoms with E-state index in [4.69, 9.17) is 5.11 Å². The zero-order chi connectivity index (χ0) is 22.0. The van der Waals surface area contributed by atoms with Gasteiger partial charge < -0.3 is 5.11 Å². The highest BCUT2D eigenvalue weighted by Crippen LogP contribution is 2.13. The maximum Gasteiger partial charge on any atom is 0.303 e. The third kappa shape index (κ3) is 26.6. The first-order chi connectivity index (χ1) is 14.8. The predicted molar refractivity (Wildman–Crippen MR) is 130 cm³/mol. The van der Waals surface area contributed by atoms with Crippen molar-refractivity contribution in [3.63, 3.8) is 0 Å². The molecule has 0 fully saturated rings. The second-order valence-corrected chi connectivity index (χ2v) is 8.61. The minimum atomic E-state index is -0.695. The van der Waals surface area contributed by atoms with Gasteiger partial charge in [-0.05, 0) is 31.1 Å². The zero-order valence-corrected chi connectivity index (χ0v) is 19.9. The van der Waals surface area contributed by atoms with E-state index in [1.165, 1.54) is 96.3 Å². The van der Waals surface area contributed by atoms with Crippen molar-refractivity contribution in [1.82, 2.24) is 0 Å². The van der Waals surface area contributed by atoms with Gasteiger partial charge in [0.25, 0.3) is 0 Å². The third-order valence-electron chi connectivity index (χ3n) is 5.59. The largest absolute Gasteiger partial charge is 0.481 e. The van der Waals surface area contributed by atoms with Gasteiger partial charge in [0.15, 0.2) is 0 Å². The highest BCUT2D eigenvalue weighted by atomic mass is 16.4. The summed E-state index contributed by atoms with van der Waals surface area (Å²) in [7, 11) is 0. The zero-order valence-electron chi connectivity index (χ0n) is 19.9. The molecule has 0 aliphatic carbocycles. The van der Waals surface area contributed by atoms with E-state index < -0.39 is 5.97 Å².